The molecule has 2 rings (SSSR count). The molecular weight excluding hydrogens is 385 g/mol. The summed E-state index contributed by atoms with van der Waals surface area (Å²) in [6, 6.07) is 8.36. The first kappa shape index (κ1) is 19.8. The second-order valence-electron chi connectivity index (χ2n) is 4.98. The van der Waals surface area contributed by atoms with E-state index < -0.39 is 46.4 Å². The zero-order valence-electron chi connectivity index (χ0n) is 13.4. The van der Waals surface area contributed by atoms with Gasteiger partial charge in [-0.25, -0.2) is 9.18 Å². The van der Waals surface area contributed by atoms with E-state index in [2.05, 4.69) is 4.74 Å². The smallest absolute Gasteiger partial charge is 0.345 e. The number of ether oxygens (including phenoxy) is 1. The van der Waals surface area contributed by atoms with E-state index in [1.807, 2.05) is 10.9 Å². The molecule has 27 heavy (non-hydrogen) atoms. The van der Waals surface area contributed by atoms with Crippen LogP contribution in [0.4, 0.5) is 10.1 Å². The van der Waals surface area contributed by atoms with Crippen LogP contribution in [-0.4, -0.2) is 29.3 Å². The zero-order chi connectivity index (χ0) is 20.0. The molecule has 0 fully saturated rings. The zero-order valence-corrected chi connectivity index (χ0v) is 14.2. The molecule has 2 aromatic rings. The predicted molar refractivity (Wildman–Crippen MR) is 90.4 cm³/mol. The van der Waals surface area contributed by atoms with Gasteiger partial charge in [0, 0.05) is 11.1 Å². The molecule has 0 radical (unpaired) electrons. The first-order valence-corrected chi connectivity index (χ1v) is 7.62. The summed E-state index contributed by atoms with van der Waals surface area (Å²) < 4.78 is 18.1. The van der Waals surface area contributed by atoms with Gasteiger partial charge < -0.3 is 4.74 Å². The molecule has 0 atom stereocenters. The van der Waals surface area contributed by atoms with E-state index in [4.69, 9.17) is 11.6 Å². The maximum absolute atomic E-state index is 13.4. The van der Waals surface area contributed by atoms with Gasteiger partial charge in [-0.3, -0.25) is 30.6 Å². The fourth-order valence-electron chi connectivity index (χ4n) is 1.92. The summed E-state index contributed by atoms with van der Waals surface area (Å²) in [5, 5.41) is 11.0. The minimum Gasteiger partial charge on any atom is -0.452 e. The molecule has 0 aliphatic heterocycles. The standard InChI is InChI=1S/C16H11ClFN3O6/c17-9-5-6-13(21(25)26)11(7-9)16(24)27-8-14(22)19-20-15(23)10-3-1-2-4-12(10)18/h1-7H,8H2,(H,19,22)(H,20,23). The number of esters is 1. The molecule has 2 aromatic carbocycles. The number of carbonyl (C=O) groups excluding carboxylic acids is 3. The quantitative estimate of drug-likeness (QED) is 0.453. The molecule has 0 aliphatic carbocycles. The Labute approximate surface area is 156 Å². The number of nitrogens with one attached hydrogen (secondary N) is 2. The number of hydrazine groups is 1. The highest BCUT2D eigenvalue weighted by Gasteiger charge is 2.22. The Kier molecular flexibility index (Phi) is 6.39. The Morgan fingerprint density at radius 2 is 1.81 bits per heavy atom. The number of hydrogen-bond donors (Lipinski definition) is 2. The Bertz CT molecular complexity index is 921. The van der Waals surface area contributed by atoms with E-state index in [-0.39, 0.29) is 10.6 Å². The first-order valence-electron chi connectivity index (χ1n) is 7.24. The van der Waals surface area contributed by atoms with Crippen LogP contribution < -0.4 is 10.9 Å². The summed E-state index contributed by atoms with van der Waals surface area (Å²) in [5.41, 5.74) is 2.58. The second kappa shape index (κ2) is 8.72. The summed E-state index contributed by atoms with van der Waals surface area (Å²) in [6.45, 7) is -0.847. The molecular formula is C16H11ClFN3O6. The summed E-state index contributed by atoms with van der Waals surface area (Å²) in [4.78, 5) is 45.4. The molecule has 0 aliphatic rings. The van der Waals surface area contributed by atoms with Crippen LogP contribution >= 0.6 is 11.6 Å². The second-order valence-corrected chi connectivity index (χ2v) is 5.41. The Morgan fingerprint density at radius 1 is 1.11 bits per heavy atom. The average molecular weight is 396 g/mol. The number of hydrogen-bond acceptors (Lipinski definition) is 6. The molecule has 0 bridgehead atoms. The Balaban J connectivity index is 1.91. The van der Waals surface area contributed by atoms with Crippen molar-refractivity contribution < 1.29 is 28.4 Å². The van der Waals surface area contributed by atoms with E-state index >= 15 is 0 Å². The first-order chi connectivity index (χ1) is 12.8. The fourth-order valence-corrected chi connectivity index (χ4v) is 2.09. The number of amides is 2. The van der Waals surface area contributed by atoms with Gasteiger partial charge in [0.15, 0.2) is 6.61 Å². The van der Waals surface area contributed by atoms with E-state index in [1.165, 1.54) is 24.3 Å². The average Bonchev–Trinajstić information content (AvgIpc) is 2.64. The van der Waals surface area contributed by atoms with Crippen molar-refractivity contribution in [2.75, 3.05) is 6.61 Å². The third-order valence-electron chi connectivity index (χ3n) is 3.14. The van der Waals surface area contributed by atoms with Gasteiger partial charge in [-0.1, -0.05) is 23.7 Å². The maximum Gasteiger partial charge on any atom is 0.345 e. The van der Waals surface area contributed by atoms with Crippen LogP contribution in [0.5, 0.6) is 0 Å². The van der Waals surface area contributed by atoms with Gasteiger partial charge in [0.05, 0.1) is 10.5 Å². The maximum atomic E-state index is 13.4. The Morgan fingerprint density at radius 3 is 2.48 bits per heavy atom. The van der Waals surface area contributed by atoms with Crippen molar-refractivity contribution in [1.82, 2.24) is 10.9 Å². The summed E-state index contributed by atoms with van der Waals surface area (Å²) in [6.07, 6.45) is 0. The number of carbonyl (C=O) groups is 3. The number of rotatable bonds is 5. The highest BCUT2D eigenvalue weighted by Crippen LogP contribution is 2.23. The van der Waals surface area contributed by atoms with Crippen LogP contribution in [0.3, 0.4) is 0 Å². The van der Waals surface area contributed by atoms with Gasteiger partial charge in [-0.05, 0) is 24.3 Å². The number of nitro groups is 1. The predicted octanol–water partition coefficient (Wildman–Crippen LogP) is 2.01. The Hall–Kier alpha value is -3.53. The van der Waals surface area contributed by atoms with Crippen LogP contribution in [0.25, 0.3) is 0 Å². The molecule has 0 saturated heterocycles. The molecule has 11 heteroatoms. The lowest BCUT2D eigenvalue weighted by atomic mass is 10.2. The van der Waals surface area contributed by atoms with Crippen LogP contribution in [0, 0.1) is 15.9 Å². The summed E-state index contributed by atoms with van der Waals surface area (Å²) in [5.74, 6) is -3.81. The van der Waals surface area contributed by atoms with E-state index in [9.17, 15) is 28.9 Å². The van der Waals surface area contributed by atoms with Crippen LogP contribution in [0.1, 0.15) is 20.7 Å². The van der Waals surface area contributed by atoms with Crippen LogP contribution in [-0.2, 0) is 9.53 Å². The molecule has 9 nitrogen and oxygen atoms in total. The fraction of sp³-hybridized carbons (Fsp3) is 0.0625. The van der Waals surface area contributed by atoms with Gasteiger partial charge in [0.1, 0.15) is 11.4 Å². The molecule has 2 amide bonds. The van der Waals surface area contributed by atoms with Crippen molar-refractivity contribution in [2.24, 2.45) is 0 Å². The van der Waals surface area contributed by atoms with Gasteiger partial charge in [-0.15, -0.1) is 0 Å². The van der Waals surface area contributed by atoms with Crippen molar-refractivity contribution in [1.29, 1.82) is 0 Å². The van der Waals surface area contributed by atoms with E-state index in [0.717, 1.165) is 18.2 Å². The topological polar surface area (TPSA) is 128 Å². The monoisotopic (exact) mass is 395 g/mol. The van der Waals surface area contributed by atoms with Crippen molar-refractivity contribution in [2.45, 2.75) is 0 Å². The lowest BCUT2D eigenvalue weighted by Crippen LogP contribution is -2.43. The normalized spacial score (nSPS) is 10.0. The third kappa shape index (κ3) is 5.22. The number of halogens is 2. The number of nitro benzene ring substituents is 1. The summed E-state index contributed by atoms with van der Waals surface area (Å²) in [7, 11) is 0. The van der Waals surface area contributed by atoms with Crippen molar-refractivity contribution in [3.05, 3.63) is 74.5 Å². The van der Waals surface area contributed by atoms with Gasteiger partial charge in [-0.2, -0.15) is 0 Å². The molecule has 2 N–H and O–H groups in total. The van der Waals surface area contributed by atoms with Crippen LogP contribution in [0.15, 0.2) is 42.5 Å². The minimum atomic E-state index is -1.15. The molecule has 0 spiro atoms. The van der Waals surface area contributed by atoms with Crippen molar-refractivity contribution in [3.8, 4) is 0 Å². The summed E-state index contributed by atoms with van der Waals surface area (Å²) >= 11 is 5.70. The highest BCUT2D eigenvalue weighted by molar-refractivity contribution is 6.31. The number of benzene rings is 2. The highest BCUT2D eigenvalue weighted by atomic mass is 35.5. The molecule has 0 saturated carbocycles. The van der Waals surface area contributed by atoms with E-state index in [1.54, 1.807) is 0 Å². The molecule has 0 unspecified atom stereocenters. The molecule has 0 heterocycles. The van der Waals surface area contributed by atoms with Gasteiger partial charge in [0.25, 0.3) is 17.5 Å². The third-order valence-corrected chi connectivity index (χ3v) is 3.38. The van der Waals surface area contributed by atoms with Crippen LogP contribution in [0.2, 0.25) is 5.02 Å². The largest absolute Gasteiger partial charge is 0.452 e. The minimum absolute atomic E-state index is 0.0640. The SMILES string of the molecule is O=C(COC(=O)c1cc(Cl)ccc1[N+](=O)[O-])NNC(=O)c1ccccc1F. The molecule has 140 valence electrons. The van der Waals surface area contributed by atoms with Crippen molar-refractivity contribution in [3.63, 3.8) is 0 Å². The van der Waals surface area contributed by atoms with Crippen molar-refractivity contribution >= 4 is 35.1 Å². The van der Waals surface area contributed by atoms with E-state index in [0.29, 0.717) is 0 Å². The lowest BCUT2D eigenvalue weighted by Gasteiger charge is -2.09. The van der Waals surface area contributed by atoms with Gasteiger partial charge >= 0.3 is 5.97 Å². The lowest BCUT2D eigenvalue weighted by molar-refractivity contribution is -0.385. The number of nitrogens with zero attached hydrogens (tertiary/aromatic N) is 1. The molecule has 0 aromatic heterocycles. The van der Waals surface area contributed by atoms with Gasteiger partial charge in [0.2, 0.25) is 0 Å².